The molecule has 0 saturated carbocycles. The van der Waals surface area contributed by atoms with Gasteiger partial charge in [-0.3, -0.25) is 0 Å². The van der Waals surface area contributed by atoms with Gasteiger partial charge in [-0.1, -0.05) is 19.1 Å². The molecule has 102 valence electrons. The van der Waals surface area contributed by atoms with Crippen molar-refractivity contribution in [2.45, 2.75) is 19.4 Å². The van der Waals surface area contributed by atoms with Crippen molar-refractivity contribution in [1.29, 1.82) is 0 Å². The molecule has 0 fully saturated rings. The SMILES string of the molecule is CCNC(Cc1nnn(C)n1)c1cccc(OC)c1. The van der Waals surface area contributed by atoms with Gasteiger partial charge in [0.1, 0.15) is 5.75 Å². The number of ether oxygens (including phenoxy) is 1. The topological polar surface area (TPSA) is 64.9 Å². The van der Waals surface area contributed by atoms with Gasteiger partial charge in [-0.05, 0) is 29.5 Å². The van der Waals surface area contributed by atoms with E-state index in [1.54, 1.807) is 14.2 Å². The summed E-state index contributed by atoms with van der Waals surface area (Å²) in [6.07, 6.45) is 0.703. The average Bonchev–Trinajstić information content (AvgIpc) is 2.84. The van der Waals surface area contributed by atoms with Gasteiger partial charge in [-0.25, -0.2) is 0 Å². The summed E-state index contributed by atoms with van der Waals surface area (Å²) in [4.78, 5) is 1.48. The van der Waals surface area contributed by atoms with Crippen LogP contribution in [0.3, 0.4) is 0 Å². The molecule has 0 bridgehead atoms. The normalized spacial score (nSPS) is 12.4. The molecule has 1 heterocycles. The Labute approximate surface area is 112 Å². The fraction of sp³-hybridized carbons (Fsp3) is 0.462. The van der Waals surface area contributed by atoms with E-state index >= 15 is 0 Å². The van der Waals surface area contributed by atoms with Gasteiger partial charge in [0, 0.05) is 12.5 Å². The van der Waals surface area contributed by atoms with Crippen LogP contribution in [0.4, 0.5) is 0 Å². The molecule has 0 aliphatic carbocycles. The fourth-order valence-corrected chi connectivity index (χ4v) is 2.00. The highest BCUT2D eigenvalue weighted by Crippen LogP contribution is 2.21. The second-order valence-corrected chi connectivity index (χ2v) is 4.29. The first-order valence-corrected chi connectivity index (χ1v) is 6.33. The van der Waals surface area contributed by atoms with Crippen LogP contribution in [-0.4, -0.2) is 33.9 Å². The molecule has 19 heavy (non-hydrogen) atoms. The number of likely N-dealkylation sites (N-methyl/N-ethyl adjacent to an activating group) is 1. The van der Waals surface area contributed by atoms with Crippen LogP contribution in [0.15, 0.2) is 24.3 Å². The van der Waals surface area contributed by atoms with E-state index < -0.39 is 0 Å². The molecule has 1 N–H and O–H groups in total. The number of hydrogen-bond donors (Lipinski definition) is 1. The molecule has 1 aromatic heterocycles. The summed E-state index contributed by atoms with van der Waals surface area (Å²) in [6, 6.07) is 8.19. The largest absolute Gasteiger partial charge is 0.497 e. The number of benzene rings is 1. The predicted molar refractivity (Wildman–Crippen MR) is 71.9 cm³/mol. The number of hydrogen-bond acceptors (Lipinski definition) is 5. The van der Waals surface area contributed by atoms with Gasteiger partial charge in [0.25, 0.3) is 0 Å². The second-order valence-electron chi connectivity index (χ2n) is 4.29. The van der Waals surface area contributed by atoms with Crippen molar-refractivity contribution in [3.05, 3.63) is 35.7 Å². The summed E-state index contributed by atoms with van der Waals surface area (Å²) in [5.74, 6) is 1.59. The minimum atomic E-state index is 0.157. The minimum absolute atomic E-state index is 0.157. The Kier molecular flexibility index (Phi) is 4.46. The van der Waals surface area contributed by atoms with E-state index in [0.29, 0.717) is 6.42 Å². The van der Waals surface area contributed by atoms with Gasteiger partial charge in [-0.15, -0.1) is 10.2 Å². The second kappa shape index (κ2) is 6.29. The van der Waals surface area contributed by atoms with Crippen molar-refractivity contribution in [3.63, 3.8) is 0 Å². The van der Waals surface area contributed by atoms with Crippen LogP contribution in [0.25, 0.3) is 0 Å². The smallest absolute Gasteiger partial charge is 0.176 e. The van der Waals surface area contributed by atoms with Gasteiger partial charge in [0.15, 0.2) is 5.82 Å². The van der Waals surface area contributed by atoms with Gasteiger partial charge in [0.05, 0.1) is 14.2 Å². The number of tetrazole rings is 1. The quantitative estimate of drug-likeness (QED) is 0.844. The molecule has 0 radical (unpaired) electrons. The molecule has 1 unspecified atom stereocenters. The summed E-state index contributed by atoms with van der Waals surface area (Å²) >= 11 is 0. The summed E-state index contributed by atoms with van der Waals surface area (Å²) in [6.45, 7) is 2.96. The predicted octanol–water partition coefficient (Wildman–Crippen LogP) is 1.11. The summed E-state index contributed by atoms with van der Waals surface area (Å²) in [5, 5.41) is 15.6. The van der Waals surface area contributed by atoms with Crippen LogP contribution in [-0.2, 0) is 13.5 Å². The van der Waals surface area contributed by atoms with E-state index in [4.69, 9.17) is 4.74 Å². The molecule has 0 aliphatic heterocycles. The van der Waals surface area contributed by atoms with Crippen molar-refractivity contribution in [2.75, 3.05) is 13.7 Å². The van der Waals surface area contributed by atoms with Crippen molar-refractivity contribution < 1.29 is 4.74 Å². The Morgan fingerprint density at radius 1 is 1.42 bits per heavy atom. The van der Waals surface area contributed by atoms with E-state index in [1.165, 1.54) is 4.80 Å². The lowest BCUT2D eigenvalue weighted by atomic mass is 10.0. The van der Waals surface area contributed by atoms with Crippen LogP contribution in [0.2, 0.25) is 0 Å². The average molecular weight is 261 g/mol. The third-order valence-corrected chi connectivity index (χ3v) is 2.88. The first kappa shape index (κ1) is 13.5. The Morgan fingerprint density at radius 3 is 2.89 bits per heavy atom. The number of aryl methyl sites for hydroxylation is 1. The molecule has 1 atom stereocenters. The number of rotatable bonds is 6. The highest BCUT2D eigenvalue weighted by atomic mass is 16.5. The molecule has 2 aromatic rings. The zero-order chi connectivity index (χ0) is 13.7. The maximum atomic E-state index is 5.26. The first-order chi connectivity index (χ1) is 9.22. The van der Waals surface area contributed by atoms with Crippen LogP contribution in [0.1, 0.15) is 24.4 Å². The summed E-state index contributed by atoms with van der Waals surface area (Å²) < 4.78 is 5.26. The number of nitrogens with zero attached hydrogens (tertiary/aromatic N) is 4. The van der Waals surface area contributed by atoms with Crippen molar-refractivity contribution >= 4 is 0 Å². The molecule has 0 amide bonds. The van der Waals surface area contributed by atoms with Gasteiger partial charge < -0.3 is 10.1 Å². The maximum absolute atomic E-state index is 5.26. The molecule has 2 rings (SSSR count). The highest BCUT2D eigenvalue weighted by Gasteiger charge is 2.14. The summed E-state index contributed by atoms with van der Waals surface area (Å²) in [5.41, 5.74) is 1.16. The zero-order valence-corrected chi connectivity index (χ0v) is 11.5. The van der Waals surface area contributed by atoms with Crippen molar-refractivity contribution in [2.24, 2.45) is 7.05 Å². The van der Waals surface area contributed by atoms with Gasteiger partial charge in [-0.2, -0.15) is 4.80 Å². The van der Waals surface area contributed by atoms with Crippen molar-refractivity contribution in [3.8, 4) is 5.75 Å². The summed E-state index contributed by atoms with van der Waals surface area (Å²) in [7, 11) is 3.44. The van der Waals surface area contributed by atoms with E-state index in [-0.39, 0.29) is 6.04 Å². The Balaban J connectivity index is 2.18. The maximum Gasteiger partial charge on any atom is 0.176 e. The van der Waals surface area contributed by atoms with E-state index in [9.17, 15) is 0 Å². The van der Waals surface area contributed by atoms with Crippen LogP contribution in [0, 0.1) is 0 Å². The molecule has 6 nitrogen and oxygen atoms in total. The lowest BCUT2D eigenvalue weighted by Gasteiger charge is -2.17. The fourth-order valence-electron chi connectivity index (χ4n) is 2.00. The van der Waals surface area contributed by atoms with E-state index in [0.717, 1.165) is 23.7 Å². The molecule has 1 aromatic carbocycles. The Hall–Kier alpha value is -1.95. The van der Waals surface area contributed by atoms with Crippen LogP contribution < -0.4 is 10.1 Å². The Morgan fingerprint density at radius 2 is 2.26 bits per heavy atom. The zero-order valence-electron chi connectivity index (χ0n) is 11.5. The Bertz CT molecular complexity index is 525. The standard InChI is InChI=1S/C13H19N5O/c1-4-14-12(9-13-15-17-18(2)16-13)10-6-5-7-11(8-10)19-3/h5-8,12,14H,4,9H2,1-3H3. The van der Waals surface area contributed by atoms with Crippen molar-refractivity contribution in [1.82, 2.24) is 25.5 Å². The molecular weight excluding hydrogens is 242 g/mol. The third kappa shape index (κ3) is 3.51. The van der Waals surface area contributed by atoms with E-state index in [1.807, 2.05) is 18.2 Å². The minimum Gasteiger partial charge on any atom is -0.497 e. The first-order valence-electron chi connectivity index (χ1n) is 6.33. The van der Waals surface area contributed by atoms with E-state index in [2.05, 4.69) is 33.7 Å². The number of aromatic nitrogens is 4. The molecule has 0 spiro atoms. The van der Waals surface area contributed by atoms with Gasteiger partial charge >= 0.3 is 0 Å². The molecule has 0 saturated heterocycles. The molecule has 0 aliphatic rings. The molecular formula is C13H19N5O. The highest BCUT2D eigenvalue weighted by molar-refractivity contribution is 5.30. The van der Waals surface area contributed by atoms with Crippen LogP contribution in [0.5, 0.6) is 5.75 Å². The van der Waals surface area contributed by atoms with Crippen LogP contribution >= 0.6 is 0 Å². The lowest BCUT2D eigenvalue weighted by molar-refractivity contribution is 0.412. The van der Waals surface area contributed by atoms with Gasteiger partial charge in [0.2, 0.25) is 0 Å². The molecule has 6 heteroatoms. The number of methoxy groups -OCH3 is 1. The third-order valence-electron chi connectivity index (χ3n) is 2.88. The number of nitrogens with one attached hydrogen (secondary N) is 1. The lowest BCUT2D eigenvalue weighted by Crippen LogP contribution is -2.23. The monoisotopic (exact) mass is 261 g/mol.